The van der Waals surface area contributed by atoms with Crippen LogP contribution in [-0.4, -0.2) is 41.8 Å². The number of piperidine rings is 1. The molecule has 2 aromatic carbocycles. The van der Waals surface area contributed by atoms with Gasteiger partial charge in [-0.1, -0.05) is 18.2 Å². The molecule has 3 rings (SSSR count). The standard InChI is InChI=1S/C21H23N3O3S/c1-14(25)22-17-6-4-5-15(13-17)20(26)23-16-9-11-24(12-10-16)21(27)18-7-2-3-8-19(18)28/h2-8,13,16,28H,9-12H2,1H3,(H,22,25)(H,23,26). The van der Waals surface area contributed by atoms with Gasteiger partial charge in [-0.05, 0) is 43.2 Å². The van der Waals surface area contributed by atoms with E-state index in [1.807, 2.05) is 12.1 Å². The van der Waals surface area contributed by atoms with Crippen LogP contribution in [0.3, 0.4) is 0 Å². The molecule has 1 heterocycles. The first kappa shape index (κ1) is 19.9. The number of carbonyl (C=O) groups is 3. The number of rotatable bonds is 4. The molecule has 28 heavy (non-hydrogen) atoms. The minimum absolute atomic E-state index is 0.00668. The number of carbonyl (C=O) groups excluding carboxylic acids is 3. The number of anilines is 1. The third-order valence-electron chi connectivity index (χ3n) is 4.70. The van der Waals surface area contributed by atoms with Gasteiger partial charge < -0.3 is 15.5 Å². The molecule has 0 saturated carbocycles. The Balaban J connectivity index is 1.55. The fourth-order valence-corrected chi connectivity index (χ4v) is 3.52. The molecule has 6 nitrogen and oxygen atoms in total. The Morgan fingerprint density at radius 3 is 2.43 bits per heavy atom. The highest BCUT2D eigenvalue weighted by Gasteiger charge is 2.25. The average Bonchev–Trinajstić information content (AvgIpc) is 2.68. The first-order chi connectivity index (χ1) is 13.4. The molecule has 2 N–H and O–H groups in total. The van der Waals surface area contributed by atoms with Crippen molar-refractivity contribution in [1.82, 2.24) is 10.2 Å². The largest absolute Gasteiger partial charge is 0.349 e. The van der Waals surface area contributed by atoms with Crippen molar-refractivity contribution in [2.45, 2.75) is 30.7 Å². The molecule has 1 fully saturated rings. The van der Waals surface area contributed by atoms with Crippen molar-refractivity contribution in [3.05, 3.63) is 59.7 Å². The van der Waals surface area contributed by atoms with Crippen LogP contribution in [0.4, 0.5) is 5.69 Å². The molecule has 7 heteroatoms. The second kappa shape index (κ2) is 8.93. The van der Waals surface area contributed by atoms with Crippen molar-refractivity contribution in [2.24, 2.45) is 0 Å². The predicted octanol–water partition coefficient (Wildman–Crippen LogP) is 2.97. The van der Waals surface area contributed by atoms with Crippen molar-refractivity contribution in [2.75, 3.05) is 18.4 Å². The zero-order valence-electron chi connectivity index (χ0n) is 15.6. The van der Waals surface area contributed by atoms with E-state index in [0.717, 1.165) is 0 Å². The maximum atomic E-state index is 12.7. The van der Waals surface area contributed by atoms with E-state index in [9.17, 15) is 14.4 Å². The van der Waals surface area contributed by atoms with E-state index in [1.165, 1.54) is 6.92 Å². The van der Waals surface area contributed by atoms with Crippen LogP contribution < -0.4 is 10.6 Å². The summed E-state index contributed by atoms with van der Waals surface area (Å²) in [6, 6.07) is 14.1. The molecule has 0 aromatic heterocycles. The summed E-state index contributed by atoms with van der Waals surface area (Å²) >= 11 is 4.36. The molecule has 0 aliphatic carbocycles. The van der Waals surface area contributed by atoms with Gasteiger partial charge in [0.2, 0.25) is 5.91 Å². The van der Waals surface area contributed by atoms with Gasteiger partial charge in [-0.3, -0.25) is 14.4 Å². The Labute approximate surface area is 169 Å². The zero-order chi connectivity index (χ0) is 20.1. The third-order valence-corrected chi connectivity index (χ3v) is 5.09. The minimum atomic E-state index is -0.183. The summed E-state index contributed by atoms with van der Waals surface area (Å²) in [5, 5.41) is 5.69. The van der Waals surface area contributed by atoms with E-state index < -0.39 is 0 Å². The monoisotopic (exact) mass is 397 g/mol. The Bertz CT molecular complexity index is 892. The van der Waals surface area contributed by atoms with E-state index in [1.54, 1.807) is 41.3 Å². The number of nitrogens with zero attached hydrogens (tertiary/aromatic N) is 1. The number of nitrogens with one attached hydrogen (secondary N) is 2. The van der Waals surface area contributed by atoms with Crippen molar-refractivity contribution in [3.63, 3.8) is 0 Å². The summed E-state index contributed by atoms with van der Waals surface area (Å²) < 4.78 is 0. The molecular weight excluding hydrogens is 374 g/mol. The minimum Gasteiger partial charge on any atom is -0.349 e. The van der Waals surface area contributed by atoms with E-state index in [2.05, 4.69) is 23.3 Å². The number of thiol groups is 1. The van der Waals surface area contributed by atoms with E-state index in [0.29, 0.717) is 47.6 Å². The van der Waals surface area contributed by atoms with Crippen LogP contribution in [0.5, 0.6) is 0 Å². The lowest BCUT2D eigenvalue weighted by atomic mass is 10.0. The Morgan fingerprint density at radius 1 is 1.04 bits per heavy atom. The van der Waals surface area contributed by atoms with Crippen LogP contribution in [0.2, 0.25) is 0 Å². The first-order valence-electron chi connectivity index (χ1n) is 9.20. The highest BCUT2D eigenvalue weighted by molar-refractivity contribution is 7.80. The number of amides is 3. The van der Waals surface area contributed by atoms with Gasteiger partial charge >= 0.3 is 0 Å². The second-order valence-electron chi connectivity index (χ2n) is 6.82. The molecule has 0 atom stereocenters. The highest BCUT2D eigenvalue weighted by atomic mass is 32.1. The lowest BCUT2D eigenvalue weighted by Gasteiger charge is -2.32. The van der Waals surface area contributed by atoms with E-state index in [-0.39, 0.29) is 23.8 Å². The Morgan fingerprint density at radius 2 is 1.75 bits per heavy atom. The molecule has 0 unspecified atom stereocenters. The zero-order valence-corrected chi connectivity index (χ0v) is 16.5. The summed E-state index contributed by atoms with van der Waals surface area (Å²) in [4.78, 5) is 38.8. The molecular formula is C21H23N3O3S. The van der Waals surface area contributed by atoms with Crippen molar-refractivity contribution in [3.8, 4) is 0 Å². The van der Waals surface area contributed by atoms with Gasteiger partial charge in [0.15, 0.2) is 0 Å². The number of hydrogen-bond acceptors (Lipinski definition) is 4. The SMILES string of the molecule is CC(=O)Nc1cccc(C(=O)NC2CCN(C(=O)c3ccccc3S)CC2)c1. The summed E-state index contributed by atoms with van der Waals surface area (Å²) in [6.45, 7) is 2.59. The fourth-order valence-electron chi connectivity index (χ4n) is 3.26. The van der Waals surface area contributed by atoms with Gasteiger partial charge in [-0.2, -0.15) is 0 Å². The highest BCUT2D eigenvalue weighted by Crippen LogP contribution is 2.19. The summed E-state index contributed by atoms with van der Waals surface area (Å²) in [6.07, 6.45) is 1.38. The van der Waals surface area contributed by atoms with Crippen LogP contribution in [0.25, 0.3) is 0 Å². The van der Waals surface area contributed by atoms with Crippen LogP contribution in [0.1, 0.15) is 40.5 Å². The maximum absolute atomic E-state index is 12.7. The quantitative estimate of drug-likeness (QED) is 0.694. The lowest BCUT2D eigenvalue weighted by molar-refractivity contribution is -0.114. The fraction of sp³-hybridized carbons (Fsp3) is 0.286. The van der Waals surface area contributed by atoms with Gasteiger partial charge in [-0.25, -0.2) is 0 Å². The Hall–Kier alpha value is -2.80. The molecule has 1 aliphatic rings. The smallest absolute Gasteiger partial charge is 0.254 e. The van der Waals surface area contributed by atoms with Crippen LogP contribution >= 0.6 is 12.6 Å². The predicted molar refractivity (Wildman–Crippen MR) is 111 cm³/mol. The van der Waals surface area contributed by atoms with Gasteiger partial charge in [-0.15, -0.1) is 12.6 Å². The van der Waals surface area contributed by atoms with Gasteiger partial charge in [0.25, 0.3) is 11.8 Å². The molecule has 3 amide bonds. The molecule has 0 radical (unpaired) electrons. The summed E-state index contributed by atoms with van der Waals surface area (Å²) in [5.74, 6) is -0.395. The number of benzene rings is 2. The topological polar surface area (TPSA) is 78.5 Å². The normalized spacial score (nSPS) is 14.4. The number of hydrogen-bond donors (Lipinski definition) is 3. The average molecular weight is 398 g/mol. The van der Waals surface area contributed by atoms with E-state index in [4.69, 9.17) is 0 Å². The third kappa shape index (κ3) is 4.92. The number of likely N-dealkylation sites (tertiary alicyclic amines) is 1. The molecule has 1 saturated heterocycles. The second-order valence-corrected chi connectivity index (χ2v) is 7.30. The van der Waals surface area contributed by atoms with Crippen molar-refractivity contribution < 1.29 is 14.4 Å². The first-order valence-corrected chi connectivity index (χ1v) is 9.64. The summed E-state index contributed by atoms with van der Waals surface area (Å²) in [7, 11) is 0. The molecule has 0 bridgehead atoms. The van der Waals surface area contributed by atoms with E-state index >= 15 is 0 Å². The molecule has 0 spiro atoms. The Kier molecular flexibility index (Phi) is 6.36. The lowest BCUT2D eigenvalue weighted by Crippen LogP contribution is -2.46. The summed E-state index contributed by atoms with van der Waals surface area (Å²) in [5.41, 5.74) is 1.68. The van der Waals surface area contributed by atoms with Gasteiger partial charge in [0.05, 0.1) is 5.56 Å². The molecule has 146 valence electrons. The van der Waals surface area contributed by atoms with Gasteiger partial charge in [0, 0.05) is 42.2 Å². The van der Waals surface area contributed by atoms with Gasteiger partial charge in [0.1, 0.15) is 0 Å². The van der Waals surface area contributed by atoms with Crippen LogP contribution in [0.15, 0.2) is 53.4 Å². The van der Waals surface area contributed by atoms with Crippen LogP contribution in [-0.2, 0) is 4.79 Å². The van der Waals surface area contributed by atoms with Crippen LogP contribution in [0, 0.1) is 0 Å². The molecule has 1 aliphatic heterocycles. The van der Waals surface area contributed by atoms with Crippen molar-refractivity contribution >= 4 is 36.0 Å². The van der Waals surface area contributed by atoms with Crippen molar-refractivity contribution in [1.29, 1.82) is 0 Å². The maximum Gasteiger partial charge on any atom is 0.254 e. The molecule has 2 aromatic rings.